The Morgan fingerprint density at radius 2 is 1.66 bits per heavy atom. The summed E-state index contributed by atoms with van der Waals surface area (Å²) in [5.74, 6) is 2.77. The molecule has 58 heavy (non-hydrogen) atoms. The van der Waals surface area contributed by atoms with Crippen LogP contribution < -0.4 is 20.3 Å². The number of benzene rings is 2. The molecular formula is C46H62N10O2. The quantitative estimate of drug-likeness (QED) is 0.139. The van der Waals surface area contributed by atoms with E-state index in [2.05, 4.69) is 124 Å². The highest BCUT2D eigenvalue weighted by atomic mass is 16.5. The summed E-state index contributed by atoms with van der Waals surface area (Å²) in [7, 11) is 2.17. The Labute approximate surface area is 343 Å². The lowest BCUT2D eigenvalue weighted by molar-refractivity contribution is 0.134. The second-order valence-corrected chi connectivity index (χ2v) is 18.0. The summed E-state index contributed by atoms with van der Waals surface area (Å²) in [5, 5.41) is 20.7. The molecule has 0 bridgehead atoms. The van der Waals surface area contributed by atoms with Gasteiger partial charge in [-0.3, -0.25) is 14.6 Å². The van der Waals surface area contributed by atoms with Crippen molar-refractivity contribution in [1.82, 2.24) is 39.5 Å². The Bertz CT molecular complexity index is 2170. The number of anilines is 2. The summed E-state index contributed by atoms with van der Waals surface area (Å²) in [6.07, 6.45) is 9.73. The fourth-order valence-electron chi connectivity index (χ4n) is 9.14. The van der Waals surface area contributed by atoms with E-state index in [-0.39, 0.29) is 17.5 Å². The Hall–Kier alpha value is -4.94. The number of fused-ring (bicyclic) bond motifs is 2. The highest BCUT2D eigenvalue weighted by Crippen LogP contribution is 2.40. The van der Waals surface area contributed by atoms with Gasteiger partial charge in [0.25, 0.3) is 0 Å². The number of piperidine rings is 1. The predicted octanol–water partition coefficient (Wildman–Crippen LogP) is 7.98. The van der Waals surface area contributed by atoms with Crippen LogP contribution in [0.1, 0.15) is 107 Å². The zero-order chi connectivity index (χ0) is 40.4. The minimum absolute atomic E-state index is 0.0904. The summed E-state index contributed by atoms with van der Waals surface area (Å²) >= 11 is 0. The van der Waals surface area contributed by atoms with Crippen molar-refractivity contribution in [1.29, 1.82) is 0 Å². The second kappa shape index (κ2) is 17.1. The molecule has 8 rings (SSSR count). The average Bonchev–Trinajstić information content (AvgIpc) is 3.83. The maximum atomic E-state index is 13.9. The van der Waals surface area contributed by atoms with E-state index in [1.165, 1.54) is 36.0 Å². The van der Waals surface area contributed by atoms with E-state index in [9.17, 15) is 4.79 Å². The smallest absolute Gasteiger partial charge is 0.320 e. The molecule has 0 spiro atoms. The second-order valence-electron chi connectivity index (χ2n) is 18.0. The lowest BCUT2D eigenvalue weighted by Gasteiger charge is -2.39. The maximum absolute atomic E-state index is 13.9. The van der Waals surface area contributed by atoms with E-state index in [0.29, 0.717) is 30.4 Å². The van der Waals surface area contributed by atoms with Crippen molar-refractivity contribution in [2.24, 2.45) is 0 Å². The van der Waals surface area contributed by atoms with Gasteiger partial charge < -0.3 is 19.9 Å². The van der Waals surface area contributed by atoms with Crippen molar-refractivity contribution < 1.29 is 9.53 Å². The predicted molar refractivity (Wildman–Crippen MR) is 232 cm³/mol. The SMILES string of the molecule is C[C@@H]1CCC[C@H](C)N1c1nnc2ccc(CC[C@@H]3CC[C@H](NC(=O)Nc4cc(C(C)(C)C)nn4-c4cccc(OCCN5CCN(C)CC5)c4)c4ccccc43)cn12. The van der Waals surface area contributed by atoms with Crippen LogP contribution in [-0.2, 0) is 11.8 Å². The van der Waals surface area contributed by atoms with E-state index in [0.717, 1.165) is 87.1 Å². The van der Waals surface area contributed by atoms with Crippen molar-refractivity contribution in [3.63, 3.8) is 0 Å². The Balaban J connectivity index is 0.929. The topological polar surface area (TPSA) is 108 Å². The first-order chi connectivity index (χ1) is 28.0. The number of rotatable bonds is 11. The van der Waals surface area contributed by atoms with Crippen LogP contribution in [0.2, 0.25) is 0 Å². The van der Waals surface area contributed by atoms with Gasteiger partial charge in [0.1, 0.15) is 18.2 Å². The highest BCUT2D eigenvalue weighted by Gasteiger charge is 2.31. The van der Waals surface area contributed by atoms with Crippen LogP contribution in [-0.4, -0.2) is 98.7 Å². The fourth-order valence-corrected chi connectivity index (χ4v) is 9.14. The van der Waals surface area contributed by atoms with Gasteiger partial charge in [-0.2, -0.15) is 5.10 Å². The van der Waals surface area contributed by atoms with Gasteiger partial charge in [0, 0.05) is 68.6 Å². The minimum atomic E-state index is -0.241. The van der Waals surface area contributed by atoms with Gasteiger partial charge in [0.2, 0.25) is 5.95 Å². The van der Waals surface area contributed by atoms with Gasteiger partial charge in [-0.1, -0.05) is 57.2 Å². The average molecular weight is 787 g/mol. The van der Waals surface area contributed by atoms with Gasteiger partial charge in [-0.25, -0.2) is 9.48 Å². The Kier molecular flexibility index (Phi) is 11.8. The van der Waals surface area contributed by atoms with E-state index < -0.39 is 0 Å². The Morgan fingerprint density at radius 1 is 0.879 bits per heavy atom. The summed E-state index contributed by atoms with van der Waals surface area (Å²) < 4.78 is 10.2. The highest BCUT2D eigenvalue weighted by molar-refractivity contribution is 5.89. The van der Waals surface area contributed by atoms with Gasteiger partial charge in [-0.15, -0.1) is 10.2 Å². The molecule has 308 valence electrons. The molecule has 0 saturated carbocycles. The number of aryl methyl sites for hydroxylation is 1. The number of carbonyl (C=O) groups excluding carboxylic acids is 1. The van der Waals surface area contributed by atoms with Gasteiger partial charge in [0.05, 0.1) is 17.4 Å². The molecule has 0 radical (unpaired) electrons. The van der Waals surface area contributed by atoms with Crippen LogP contribution in [0.25, 0.3) is 11.3 Å². The molecule has 2 aliphatic heterocycles. The van der Waals surface area contributed by atoms with Crippen molar-refractivity contribution in [3.05, 3.63) is 95.3 Å². The van der Waals surface area contributed by atoms with Crippen molar-refractivity contribution in [2.75, 3.05) is 56.6 Å². The fraction of sp³-hybridized carbons (Fsp3) is 0.522. The monoisotopic (exact) mass is 787 g/mol. The molecule has 2 saturated heterocycles. The molecule has 4 atom stereocenters. The third-order valence-corrected chi connectivity index (χ3v) is 12.6. The number of nitrogens with zero attached hydrogens (tertiary/aromatic N) is 8. The molecule has 3 aromatic heterocycles. The number of pyridine rings is 1. The zero-order valence-corrected chi connectivity index (χ0v) is 35.3. The van der Waals surface area contributed by atoms with E-state index in [4.69, 9.17) is 9.84 Å². The third-order valence-electron chi connectivity index (χ3n) is 12.6. The maximum Gasteiger partial charge on any atom is 0.320 e. The molecule has 2 aromatic carbocycles. The number of hydrogen-bond donors (Lipinski definition) is 2. The number of likely N-dealkylation sites (N-methyl/N-ethyl adjacent to an activating group) is 1. The summed E-state index contributed by atoms with van der Waals surface area (Å²) in [6.45, 7) is 16.8. The molecule has 1 aliphatic carbocycles. The molecule has 12 nitrogen and oxygen atoms in total. The molecule has 2 fully saturated rings. The van der Waals surface area contributed by atoms with Crippen LogP contribution in [0.4, 0.5) is 16.6 Å². The van der Waals surface area contributed by atoms with Crippen LogP contribution in [0, 0.1) is 0 Å². The van der Waals surface area contributed by atoms with Crippen molar-refractivity contribution in [3.8, 4) is 11.4 Å². The number of aromatic nitrogens is 5. The summed E-state index contributed by atoms with van der Waals surface area (Å²) in [4.78, 5) is 21.1. The first-order valence-corrected chi connectivity index (χ1v) is 21.5. The zero-order valence-electron chi connectivity index (χ0n) is 35.3. The van der Waals surface area contributed by atoms with Crippen molar-refractivity contribution >= 4 is 23.4 Å². The van der Waals surface area contributed by atoms with E-state index in [1.807, 2.05) is 35.0 Å². The first kappa shape index (κ1) is 39.9. The summed E-state index contributed by atoms with van der Waals surface area (Å²) in [6, 6.07) is 23.5. The van der Waals surface area contributed by atoms with Gasteiger partial charge in [0.15, 0.2) is 5.65 Å². The summed E-state index contributed by atoms with van der Waals surface area (Å²) in [5.41, 5.74) is 6.23. The van der Waals surface area contributed by atoms with Crippen LogP contribution in [0.5, 0.6) is 5.75 Å². The molecule has 3 aliphatic rings. The molecular weight excluding hydrogens is 725 g/mol. The van der Waals surface area contributed by atoms with Crippen LogP contribution >= 0.6 is 0 Å². The van der Waals surface area contributed by atoms with E-state index >= 15 is 0 Å². The number of hydrogen-bond acceptors (Lipinski definition) is 8. The normalized spacial score (nSPS) is 21.9. The number of carbonyl (C=O) groups is 1. The lowest BCUT2D eigenvalue weighted by atomic mass is 9.77. The lowest BCUT2D eigenvalue weighted by Crippen LogP contribution is -2.45. The number of amides is 2. The molecule has 2 amide bonds. The number of piperazine rings is 1. The number of urea groups is 1. The number of nitrogens with one attached hydrogen (secondary N) is 2. The van der Waals surface area contributed by atoms with Gasteiger partial charge >= 0.3 is 6.03 Å². The molecule has 12 heteroatoms. The molecule has 5 aromatic rings. The minimum Gasteiger partial charge on any atom is -0.492 e. The van der Waals surface area contributed by atoms with Crippen LogP contribution in [0.15, 0.2) is 72.9 Å². The third kappa shape index (κ3) is 8.88. The van der Waals surface area contributed by atoms with Gasteiger partial charge in [-0.05, 0) is 107 Å². The first-order valence-electron chi connectivity index (χ1n) is 21.5. The largest absolute Gasteiger partial charge is 0.492 e. The van der Waals surface area contributed by atoms with E-state index in [1.54, 1.807) is 0 Å². The Morgan fingerprint density at radius 3 is 2.43 bits per heavy atom. The molecule has 5 heterocycles. The standard InChI is InChI=1S/C46H62N10O2/c1-32-11-9-12-33(2)55(32)45-50-49-42-22-18-34(31-54(42)45)17-19-35-20-21-40(39-16-8-7-15-38(35)39)47-44(57)48-43-30-41(46(3,4)5)51-56(43)36-13-10-14-37(29-36)58-28-27-53-25-23-52(6)24-26-53/h7-8,10,13-16,18,22,29-33,35,40H,9,11-12,17,19-21,23-28H2,1-6H3,(H2,47,48,57)/t32-,33+,35-,40+/m1/s1. The van der Waals surface area contributed by atoms with Crippen LogP contribution in [0.3, 0.4) is 0 Å². The molecule has 0 unspecified atom stereocenters. The molecule has 2 N–H and O–H groups in total. The number of ether oxygens (including phenoxy) is 1. The van der Waals surface area contributed by atoms with Crippen molar-refractivity contribution in [2.45, 2.75) is 109 Å².